The molecule has 0 saturated carbocycles. The lowest BCUT2D eigenvalue weighted by molar-refractivity contribution is -0.118. The lowest BCUT2D eigenvalue weighted by Crippen LogP contribution is -2.50. The maximum Gasteiger partial charge on any atom is 0.228 e. The molecule has 0 aliphatic carbocycles. The molecule has 1 amide bonds. The molecule has 0 radical (unpaired) electrons. The molecule has 0 aromatic carbocycles. The van der Waals surface area contributed by atoms with Crippen LogP contribution in [0.1, 0.15) is 47.0 Å². The van der Waals surface area contributed by atoms with Gasteiger partial charge in [0.2, 0.25) is 5.91 Å². The first-order chi connectivity index (χ1) is 10.5. The van der Waals surface area contributed by atoms with Gasteiger partial charge in [0.15, 0.2) is 0 Å². The molecule has 1 saturated heterocycles. The molecule has 1 aliphatic rings. The molecular weight excluding hydrogens is 274 g/mol. The maximum atomic E-state index is 12.4. The molecule has 0 spiro atoms. The number of piperidine rings is 1. The first-order valence-electron chi connectivity index (χ1n) is 8.50. The number of likely N-dealkylation sites (tertiary alicyclic amines) is 1. The molecular formula is C18H29N3O. The summed E-state index contributed by atoms with van der Waals surface area (Å²) in [5.41, 5.74) is 0. The number of anilines is 1. The van der Waals surface area contributed by atoms with E-state index in [2.05, 4.69) is 30.7 Å². The fraction of sp³-hybridized carbons (Fsp3) is 0.667. The standard InChI is InChI=1S/C18H29N3O/c1-5-18(22)21(17-8-6-7-11-19-17)16(4)13-20-12-14(2)9-10-15(20)3/h6-8,11,14-16H,5,9-10,12-13H2,1-4H3/t14-,15-,16?/m1/s1. The topological polar surface area (TPSA) is 36.4 Å². The Morgan fingerprint density at radius 1 is 1.41 bits per heavy atom. The van der Waals surface area contributed by atoms with Crippen LogP contribution in [-0.2, 0) is 4.79 Å². The summed E-state index contributed by atoms with van der Waals surface area (Å²) in [6, 6.07) is 6.48. The van der Waals surface area contributed by atoms with Crippen LogP contribution in [0.3, 0.4) is 0 Å². The van der Waals surface area contributed by atoms with Gasteiger partial charge < -0.3 is 0 Å². The lowest BCUT2D eigenvalue weighted by atomic mass is 9.94. The van der Waals surface area contributed by atoms with Gasteiger partial charge in [-0.15, -0.1) is 0 Å². The van der Waals surface area contributed by atoms with E-state index in [1.165, 1.54) is 12.8 Å². The number of carbonyl (C=O) groups excluding carboxylic acids is 1. The van der Waals surface area contributed by atoms with Crippen molar-refractivity contribution in [3.05, 3.63) is 24.4 Å². The molecule has 4 heteroatoms. The van der Waals surface area contributed by atoms with Gasteiger partial charge in [-0.3, -0.25) is 14.6 Å². The summed E-state index contributed by atoms with van der Waals surface area (Å²) in [5, 5.41) is 0. The Bertz CT molecular complexity index is 476. The zero-order valence-corrected chi connectivity index (χ0v) is 14.3. The van der Waals surface area contributed by atoms with E-state index >= 15 is 0 Å². The highest BCUT2D eigenvalue weighted by Crippen LogP contribution is 2.23. The highest BCUT2D eigenvalue weighted by atomic mass is 16.2. The van der Waals surface area contributed by atoms with Crippen LogP contribution in [0.4, 0.5) is 5.82 Å². The van der Waals surface area contributed by atoms with Crippen molar-refractivity contribution in [1.82, 2.24) is 9.88 Å². The SMILES string of the molecule is CCC(=O)N(c1ccccn1)C(C)CN1C[C@H](C)CC[C@H]1C. The monoisotopic (exact) mass is 303 g/mol. The molecule has 1 aliphatic heterocycles. The number of pyridine rings is 1. The van der Waals surface area contributed by atoms with Crippen LogP contribution in [0, 0.1) is 5.92 Å². The minimum absolute atomic E-state index is 0.134. The fourth-order valence-electron chi connectivity index (χ4n) is 3.32. The Morgan fingerprint density at radius 3 is 2.82 bits per heavy atom. The molecule has 1 aromatic rings. The number of carbonyl (C=O) groups is 1. The molecule has 1 aromatic heterocycles. The molecule has 0 bridgehead atoms. The number of aromatic nitrogens is 1. The predicted octanol–water partition coefficient (Wildman–Crippen LogP) is 3.33. The molecule has 22 heavy (non-hydrogen) atoms. The van der Waals surface area contributed by atoms with E-state index in [1.54, 1.807) is 6.20 Å². The first kappa shape index (κ1) is 16.9. The fourth-order valence-corrected chi connectivity index (χ4v) is 3.32. The van der Waals surface area contributed by atoms with Gasteiger partial charge in [0.05, 0.1) is 0 Å². The van der Waals surface area contributed by atoms with Crippen LogP contribution in [0.15, 0.2) is 24.4 Å². The minimum Gasteiger partial charge on any atom is -0.298 e. The summed E-state index contributed by atoms with van der Waals surface area (Å²) in [7, 11) is 0. The maximum absolute atomic E-state index is 12.4. The molecule has 0 N–H and O–H groups in total. The van der Waals surface area contributed by atoms with Gasteiger partial charge in [-0.2, -0.15) is 0 Å². The molecule has 1 unspecified atom stereocenters. The predicted molar refractivity (Wildman–Crippen MR) is 90.9 cm³/mol. The van der Waals surface area contributed by atoms with Gasteiger partial charge in [-0.05, 0) is 44.7 Å². The van der Waals surface area contributed by atoms with E-state index in [9.17, 15) is 4.79 Å². The second-order valence-electron chi connectivity index (χ2n) is 6.64. The van der Waals surface area contributed by atoms with Crippen molar-refractivity contribution in [3.8, 4) is 0 Å². The summed E-state index contributed by atoms with van der Waals surface area (Å²) in [6.45, 7) is 10.7. The van der Waals surface area contributed by atoms with Crippen molar-refractivity contribution in [2.24, 2.45) is 5.92 Å². The van der Waals surface area contributed by atoms with E-state index in [0.717, 1.165) is 24.8 Å². The van der Waals surface area contributed by atoms with Crippen LogP contribution in [0.5, 0.6) is 0 Å². The van der Waals surface area contributed by atoms with Crippen LogP contribution < -0.4 is 4.90 Å². The third-order valence-corrected chi connectivity index (χ3v) is 4.65. The molecule has 2 heterocycles. The normalized spacial score (nSPS) is 24.0. The van der Waals surface area contributed by atoms with Crippen LogP contribution in [0.2, 0.25) is 0 Å². The third-order valence-electron chi connectivity index (χ3n) is 4.65. The Kier molecular flexibility index (Phi) is 5.95. The van der Waals surface area contributed by atoms with Crippen LogP contribution >= 0.6 is 0 Å². The molecule has 122 valence electrons. The quantitative estimate of drug-likeness (QED) is 0.837. The average Bonchev–Trinajstić information content (AvgIpc) is 2.52. The van der Waals surface area contributed by atoms with Gasteiger partial charge in [0.25, 0.3) is 0 Å². The zero-order chi connectivity index (χ0) is 16.1. The van der Waals surface area contributed by atoms with E-state index in [4.69, 9.17) is 0 Å². The van der Waals surface area contributed by atoms with Gasteiger partial charge in [-0.25, -0.2) is 4.98 Å². The molecule has 2 rings (SSSR count). The summed E-state index contributed by atoms with van der Waals surface area (Å²) >= 11 is 0. The smallest absolute Gasteiger partial charge is 0.228 e. The Balaban J connectivity index is 2.12. The van der Waals surface area contributed by atoms with Crippen molar-refractivity contribution < 1.29 is 4.79 Å². The third kappa shape index (κ3) is 4.07. The second kappa shape index (κ2) is 7.73. The van der Waals surface area contributed by atoms with Gasteiger partial charge in [0.1, 0.15) is 5.82 Å². The number of nitrogens with zero attached hydrogens (tertiary/aromatic N) is 3. The summed E-state index contributed by atoms with van der Waals surface area (Å²) < 4.78 is 0. The first-order valence-corrected chi connectivity index (χ1v) is 8.50. The van der Waals surface area contributed by atoms with Gasteiger partial charge in [-0.1, -0.05) is 19.9 Å². The van der Waals surface area contributed by atoms with Gasteiger partial charge in [0, 0.05) is 37.8 Å². The Hall–Kier alpha value is -1.42. The molecule has 3 atom stereocenters. The highest BCUT2D eigenvalue weighted by Gasteiger charge is 2.28. The molecule has 4 nitrogen and oxygen atoms in total. The second-order valence-corrected chi connectivity index (χ2v) is 6.64. The minimum atomic E-state index is 0.134. The Labute approximate surface area is 134 Å². The van der Waals surface area contributed by atoms with Gasteiger partial charge >= 0.3 is 0 Å². The zero-order valence-electron chi connectivity index (χ0n) is 14.3. The van der Waals surface area contributed by atoms with Crippen LogP contribution in [0.25, 0.3) is 0 Å². The van der Waals surface area contributed by atoms with Crippen molar-refractivity contribution in [2.75, 3.05) is 18.0 Å². The van der Waals surface area contributed by atoms with E-state index in [1.807, 2.05) is 30.0 Å². The van der Waals surface area contributed by atoms with E-state index < -0.39 is 0 Å². The number of hydrogen-bond acceptors (Lipinski definition) is 3. The number of rotatable bonds is 5. The van der Waals surface area contributed by atoms with Crippen molar-refractivity contribution >= 4 is 11.7 Å². The van der Waals surface area contributed by atoms with Crippen molar-refractivity contribution in [1.29, 1.82) is 0 Å². The van der Waals surface area contributed by atoms with E-state index in [0.29, 0.717) is 12.5 Å². The largest absolute Gasteiger partial charge is 0.298 e. The molecule has 1 fully saturated rings. The summed E-state index contributed by atoms with van der Waals surface area (Å²) in [6.07, 6.45) is 4.82. The van der Waals surface area contributed by atoms with E-state index in [-0.39, 0.29) is 11.9 Å². The number of hydrogen-bond donors (Lipinski definition) is 0. The van der Waals surface area contributed by atoms with Crippen LogP contribution in [-0.4, -0.2) is 41.0 Å². The summed E-state index contributed by atoms with van der Waals surface area (Å²) in [4.78, 5) is 21.2. The Morgan fingerprint density at radius 2 is 2.18 bits per heavy atom. The summed E-state index contributed by atoms with van der Waals surface area (Å²) in [5.74, 6) is 1.65. The van der Waals surface area contributed by atoms with Crippen molar-refractivity contribution in [2.45, 2.75) is 59.0 Å². The van der Waals surface area contributed by atoms with Crippen molar-refractivity contribution in [3.63, 3.8) is 0 Å². The number of amides is 1. The lowest BCUT2D eigenvalue weighted by Gasteiger charge is -2.40. The average molecular weight is 303 g/mol. The highest BCUT2D eigenvalue weighted by molar-refractivity contribution is 5.92.